The molecule has 0 aromatic carbocycles. The maximum Gasteiger partial charge on any atom is 0.169 e. The van der Waals surface area contributed by atoms with E-state index in [4.69, 9.17) is 0 Å². The maximum atomic E-state index is 9.76. The molecule has 0 aliphatic carbocycles. The number of rotatable bonds is 4. The molecule has 3 aromatic heterocycles. The number of nitriles is 1. The molecule has 0 N–H and O–H groups in total. The van der Waals surface area contributed by atoms with E-state index in [1.807, 2.05) is 0 Å². The molecule has 1 saturated heterocycles. The van der Waals surface area contributed by atoms with E-state index in [9.17, 15) is 5.26 Å². The van der Waals surface area contributed by atoms with Crippen molar-refractivity contribution in [1.29, 1.82) is 5.26 Å². The summed E-state index contributed by atoms with van der Waals surface area (Å²) in [5.74, 6) is 1.71. The number of nitrogens with zero attached hydrogens (tertiary/aromatic N) is 7. The Bertz CT molecular complexity index is 1040. The van der Waals surface area contributed by atoms with Crippen LogP contribution in [0.15, 0.2) is 12.4 Å². The van der Waals surface area contributed by atoms with Gasteiger partial charge in [0, 0.05) is 31.1 Å². The van der Waals surface area contributed by atoms with Crippen LogP contribution in [-0.2, 0) is 12.8 Å². The first kappa shape index (κ1) is 18.6. The molecule has 0 atom stereocenters. The summed E-state index contributed by atoms with van der Waals surface area (Å²) in [5.41, 5.74) is 2.64. The smallest absolute Gasteiger partial charge is 0.169 e. The number of hydrogen-bond donors (Lipinski definition) is 0. The summed E-state index contributed by atoms with van der Waals surface area (Å²) < 4.78 is 0. The first-order valence-electron chi connectivity index (χ1n) is 9.65. The summed E-state index contributed by atoms with van der Waals surface area (Å²) in [4.78, 5) is 15.7. The summed E-state index contributed by atoms with van der Waals surface area (Å²) in [7, 11) is 0. The molecule has 0 radical (unpaired) electrons. The predicted molar refractivity (Wildman–Crippen MR) is 112 cm³/mol. The summed E-state index contributed by atoms with van der Waals surface area (Å²) in [6.07, 6.45) is 3.24. The van der Waals surface area contributed by atoms with E-state index < -0.39 is 0 Å². The highest BCUT2D eigenvalue weighted by Gasteiger charge is 2.25. The van der Waals surface area contributed by atoms with Crippen molar-refractivity contribution in [3.63, 3.8) is 0 Å². The Morgan fingerprint density at radius 3 is 2.39 bits per heavy atom. The molecule has 7 nitrogen and oxygen atoms in total. The number of anilines is 2. The zero-order chi connectivity index (χ0) is 19.7. The molecule has 0 spiro atoms. The maximum absolute atomic E-state index is 9.76. The minimum absolute atomic E-state index is 0.681. The van der Waals surface area contributed by atoms with Gasteiger partial charge in [0.05, 0.1) is 11.1 Å². The van der Waals surface area contributed by atoms with Crippen LogP contribution in [0.2, 0.25) is 0 Å². The molecule has 8 heteroatoms. The van der Waals surface area contributed by atoms with Gasteiger partial charge in [-0.25, -0.2) is 9.97 Å². The number of aromatic nitrogens is 4. The van der Waals surface area contributed by atoms with Crippen LogP contribution in [0.25, 0.3) is 10.2 Å². The zero-order valence-corrected chi connectivity index (χ0v) is 17.3. The van der Waals surface area contributed by atoms with Gasteiger partial charge in [0.1, 0.15) is 28.6 Å². The number of fused-ring (bicyclic) bond motifs is 1. The Kier molecular flexibility index (Phi) is 5.09. The van der Waals surface area contributed by atoms with Gasteiger partial charge in [0.25, 0.3) is 0 Å². The van der Waals surface area contributed by atoms with E-state index >= 15 is 0 Å². The quantitative estimate of drug-likeness (QED) is 0.673. The number of hydrogen-bond acceptors (Lipinski definition) is 8. The van der Waals surface area contributed by atoms with E-state index in [0.29, 0.717) is 5.56 Å². The molecular weight excluding hydrogens is 370 g/mol. The van der Waals surface area contributed by atoms with Gasteiger partial charge in [-0.2, -0.15) is 10.4 Å². The molecular formula is C20H23N7S. The van der Waals surface area contributed by atoms with Crippen molar-refractivity contribution in [2.75, 3.05) is 36.0 Å². The average Bonchev–Trinajstić information content (AvgIpc) is 3.12. The van der Waals surface area contributed by atoms with Crippen LogP contribution in [0, 0.1) is 18.3 Å². The van der Waals surface area contributed by atoms with Gasteiger partial charge in [-0.15, -0.1) is 16.4 Å². The lowest BCUT2D eigenvalue weighted by Gasteiger charge is -2.36. The number of thiophene rings is 1. The summed E-state index contributed by atoms with van der Waals surface area (Å²) in [6, 6.07) is 4.54. The van der Waals surface area contributed by atoms with Crippen molar-refractivity contribution in [1.82, 2.24) is 20.2 Å². The Morgan fingerprint density at radius 1 is 1.04 bits per heavy atom. The first-order chi connectivity index (χ1) is 13.7. The fourth-order valence-corrected chi connectivity index (χ4v) is 4.69. The van der Waals surface area contributed by atoms with Gasteiger partial charge in [-0.1, -0.05) is 13.8 Å². The van der Waals surface area contributed by atoms with E-state index in [2.05, 4.69) is 62.9 Å². The van der Waals surface area contributed by atoms with Gasteiger partial charge in [0.15, 0.2) is 5.82 Å². The van der Waals surface area contributed by atoms with Gasteiger partial charge in [-0.05, 0) is 31.4 Å². The lowest BCUT2D eigenvalue weighted by molar-refractivity contribution is 0.636. The third-order valence-electron chi connectivity index (χ3n) is 5.25. The minimum atomic E-state index is 0.681. The van der Waals surface area contributed by atoms with Crippen molar-refractivity contribution in [3.8, 4) is 6.07 Å². The fourth-order valence-electron chi connectivity index (χ4n) is 3.85. The number of piperazine rings is 1. The third-order valence-corrected chi connectivity index (χ3v) is 6.21. The Labute approximate surface area is 168 Å². The minimum Gasteiger partial charge on any atom is -0.352 e. The Balaban J connectivity index is 1.59. The van der Waals surface area contributed by atoms with Gasteiger partial charge in [-0.3, -0.25) is 0 Å². The molecule has 1 aliphatic heterocycles. The van der Waals surface area contributed by atoms with Crippen molar-refractivity contribution in [2.45, 2.75) is 33.6 Å². The van der Waals surface area contributed by atoms with Crippen molar-refractivity contribution < 1.29 is 0 Å². The molecule has 3 aromatic rings. The highest BCUT2D eigenvalue weighted by Crippen LogP contribution is 2.31. The second-order valence-electron chi connectivity index (χ2n) is 6.89. The highest BCUT2D eigenvalue weighted by atomic mass is 32.1. The molecule has 1 fully saturated rings. The van der Waals surface area contributed by atoms with Crippen molar-refractivity contribution in [3.05, 3.63) is 34.1 Å². The summed E-state index contributed by atoms with van der Waals surface area (Å²) >= 11 is 1.70. The van der Waals surface area contributed by atoms with Crippen LogP contribution in [0.3, 0.4) is 0 Å². The zero-order valence-electron chi connectivity index (χ0n) is 16.4. The Hall–Kier alpha value is -2.79. The monoisotopic (exact) mass is 393 g/mol. The molecule has 28 heavy (non-hydrogen) atoms. The fraction of sp³-hybridized carbons (Fsp3) is 0.450. The van der Waals surface area contributed by atoms with Crippen LogP contribution in [-0.4, -0.2) is 46.3 Å². The highest BCUT2D eigenvalue weighted by molar-refractivity contribution is 7.18. The third kappa shape index (κ3) is 3.16. The molecule has 0 unspecified atom stereocenters. The van der Waals surface area contributed by atoms with Crippen LogP contribution in [0.4, 0.5) is 11.6 Å². The lowest BCUT2D eigenvalue weighted by atomic mass is 10.0. The van der Waals surface area contributed by atoms with Crippen molar-refractivity contribution >= 4 is 33.2 Å². The van der Waals surface area contributed by atoms with Crippen LogP contribution < -0.4 is 9.80 Å². The average molecular weight is 394 g/mol. The van der Waals surface area contributed by atoms with Crippen LogP contribution >= 0.6 is 11.3 Å². The second-order valence-corrected chi connectivity index (χ2v) is 8.12. The second kappa shape index (κ2) is 7.68. The van der Waals surface area contributed by atoms with E-state index in [1.54, 1.807) is 17.7 Å². The summed E-state index contributed by atoms with van der Waals surface area (Å²) in [5, 5.41) is 19.7. The molecule has 0 saturated carbocycles. The molecule has 4 rings (SSSR count). The van der Waals surface area contributed by atoms with Gasteiger partial charge >= 0.3 is 0 Å². The number of aryl methyl sites for hydroxylation is 2. The van der Waals surface area contributed by atoms with Crippen LogP contribution in [0.5, 0.6) is 0 Å². The largest absolute Gasteiger partial charge is 0.352 e. The first-order valence-corrected chi connectivity index (χ1v) is 10.5. The Morgan fingerprint density at radius 2 is 1.75 bits per heavy atom. The predicted octanol–water partition coefficient (Wildman–Crippen LogP) is 3.11. The molecule has 0 amide bonds. The van der Waals surface area contributed by atoms with Gasteiger partial charge in [0.2, 0.25) is 0 Å². The van der Waals surface area contributed by atoms with Crippen molar-refractivity contribution in [2.24, 2.45) is 0 Å². The lowest BCUT2D eigenvalue weighted by Crippen LogP contribution is -2.47. The normalized spacial score (nSPS) is 14.5. The molecule has 1 aliphatic rings. The molecule has 4 heterocycles. The SMILES string of the molecule is CCc1nnc(N2CCN(c3ncnc4sc(C)cc34)CC2)c(C#N)c1CC. The summed E-state index contributed by atoms with van der Waals surface area (Å²) in [6.45, 7) is 9.44. The topological polar surface area (TPSA) is 81.8 Å². The molecule has 144 valence electrons. The van der Waals surface area contributed by atoms with E-state index in [0.717, 1.165) is 72.1 Å². The van der Waals surface area contributed by atoms with Crippen LogP contribution in [0.1, 0.15) is 35.5 Å². The molecule has 0 bridgehead atoms. The van der Waals surface area contributed by atoms with E-state index in [1.165, 1.54) is 4.88 Å². The van der Waals surface area contributed by atoms with E-state index in [-0.39, 0.29) is 0 Å². The standard InChI is InChI=1S/C20H23N7S/c1-4-14-16(11-21)19(25-24-17(14)5-2)27-8-6-26(7-9-27)18-15-10-13(3)28-20(15)23-12-22-18/h10,12H,4-9H2,1-3H3. The van der Waals surface area contributed by atoms with Gasteiger partial charge < -0.3 is 9.80 Å².